The van der Waals surface area contributed by atoms with Crippen LogP contribution in [-0.2, 0) is 15.6 Å². The highest BCUT2D eigenvalue weighted by atomic mass is 32.2. The van der Waals surface area contributed by atoms with E-state index in [4.69, 9.17) is 0 Å². The largest absolute Gasteiger partial charge is 0.294 e. The van der Waals surface area contributed by atoms with Gasteiger partial charge in [0, 0.05) is 5.41 Å². The Hall–Kier alpha value is -2.40. The lowest BCUT2D eigenvalue weighted by molar-refractivity contribution is -0.112. The van der Waals surface area contributed by atoms with Crippen molar-refractivity contribution in [3.63, 3.8) is 0 Å². The van der Waals surface area contributed by atoms with E-state index in [2.05, 4.69) is 0 Å². The van der Waals surface area contributed by atoms with Gasteiger partial charge in [-0.1, -0.05) is 30.3 Å². The van der Waals surface area contributed by atoms with E-state index in [-0.39, 0.29) is 23.2 Å². The number of rotatable bonds is 6. The number of hydrogen-bond donors (Lipinski definition) is 0. The summed E-state index contributed by atoms with van der Waals surface area (Å²) in [6.45, 7) is 0. The van der Waals surface area contributed by atoms with E-state index in [1.54, 1.807) is 36.4 Å². The molecule has 0 amide bonds. The maximum atomic E-state index is 12.7. The van der Waals surface area contributed by atoms with Gasteiger partial charge in [0.05, 0.1) is 16.6 Å². The maximum Gasteiger partial charge on any atom is 0.168 e. The highest BCUT2D eigenvalue weighted by Crippen LogP contribution is 2.06. The molecule has 23 heavy (non-hydrogen) atoms. The Balaban J connectivity index is 1.88. The smallest absolute Gasteiger partial charge is 0.168 e. The Kier molecular flexibility index (Phi) is 6.11. The average molecular weight is 332 g/mol. The van der Waals surface area contributed by atoms with Crippen LogP contribution >= 0.6 is 0 Å². The summed E-state index contributed by atoms with van der Waals surface area (Å²) in [6, 6.07) is 11.4. The highest BCUT2D eigenvalue weighted by Gasteiger charge is 2.02. The van der Waals surface area contributed by atoms with Crippen molar-refractivity contribution in [3.8, 4) is 0 Å². The molecule has 0 spiro atoms. The molecule has 2 nitrogen and oxygen atoms in total. The second-order valence-electron chi connectivity index (χ2n) is 4.73. The SMILES string of the molecule is O=C(/C=C/c1ccc(F)cc1)CS(=O)/C=C/c1ccc(F)cc1. The van der Waals surface area contributed by atoms with Crippen LogP contribution in [0.2, 0.25) is 0 Å². The Morgan fingerprint density at radius 1 is 0.870 bits per heavy atom. The summed E-state index contributed by atoms with van der Waals surface area (Å²) in [5.74, 6) is -1.13. The van der Waals surface area contributed by atoms with Crippen LogP contribution in [0.3, 0.4) is 0 Å². The minimum Gasteiger partial charge on any atom is -0.294 e. The van der Waals surface area contributed by atoms with Crippen LogP contribution in [0.15, 0.2) is 60.0 Å². The predicted octanol–water partition coefficient (Wildman–Crippen LogP) is 3.97. The number of halogens is 2. The van der Waals surface area contributed by atoms with Crippen molar-refractivity contribution in [2.75, 3.05) is 5.75 Å². The first-order chi connectivity index (χ1) is 11.0. The lowest BCUT2D eigenvalue weighted by Crippen LogP contribution is -2.05. The van der Waals surface area contributed by atoms with Crippen molar-refractivity contribution in [1.82, 2.24) is 0 Å². The molecule has 0 aromatic heterocycles. The predicted molar refractivity (Wildman–Crippen MR) is 88.9 cm³/mol. The summed E-state index contributed by atoms with van der Waals surface area (Å²) in [6.07, 6.45) is 4.44. The zero-order valence-corrected chi connectivity index (χ0v) is 12.9. The van der Waals surface area contributed by atoms with Gasteiger partial charge in [0.2, 0.25) is 0 Å². The van der Waals surface area contributed by atoms with Crippen LogP contribution < -0.4 is 0 Å². The van der Waals surface area contributed by atoms with Crippen LogP contribution in [0.5, 0.6) is 0 Å². The zero-order valence-electron chi connectivity index (χ0n) is 12.1. The topological polar surface area (TPSA) is 34.1 Å². The molecular formula is C18H14F2O2S. The molecule has 0 aliphatic carbocycles. The van der Waals surface area contributed by atoms with E-state index in [0.717, 1.165) is 0 Å². The molecule has 5 heteroatoms. The Morgan fingerprint density at radius 3 is 1.87 bits per heavy atom. The molecule has 1 atom stereocenters. The van der Waals surface area contributed by atoms with E-state index < -0.39 is 10.8 Å². The molecule has 0 N–H and O–H groups in total. The van der Waals surface area contributed by atoms with E-state index >= 15 is 0 Å². The average Bonchev–Trinajstić information content (AvgIpc) is 2.54. The van der Waals surface area contributed by atoms with Crippen molar-refractivity contribution >= 4 is 28.7 Å². The minimum absolute atomic E-state index is 0.143. The Morgan fingerprint density at radius 2 is 1.35 bits per heavy atom. The second kappa shape index (κ2) is 8.29. The molecule has 0 heterocycles. The molecule has 118 valence electrons. The summed E-state index contributed by atoms with van der Waals surface area (Å²) in [5.41, 5.74) is 1.39. The van der Waals surface area contributed by atoms with Crippen LogP contribution in [0.4, 0.5) is 8.78 Å². The summed E-state index contributed by atoms with van der Waals surface area (Å²) >= 11 is 0. The fraction of sp³-hybridized carbons (Fsp3) is 0.0556. The monoisotopic (exact) mass is 332 g/mol. The van der Waals surface area contributed by atoms with Crippen LogP contribution in [0.25, 0.3) is 12.2 Å². The molecule has 0 bridgehead atoms. The third-order valence-corrected chi connectivity index (χ3v) is 3.91. The number of carbonyl (C=O) groups is 1. The number of benzene rings is 2. The lowest BCUT2D eigenvalue weighted by Gasteiger charge is -1.95. The van der Waals surface area contributed by atoms with Gasteiger partial charge >= 0.3 is 0 Å². The fourth-order valence-electron chi connectivity index (χ4n) is 1.73. The van der Waals surface area contributed by atoms with Gasteiger partial charge in [0.15, 0.2) is 5.78 Å². The first-order valence-corrected chi connectivity index (χ1v) is 8.18. The number of carbonyl (C=O) groups excluding carboxylic acids is 1. The quantitative estimate of drug-likeness (QED) is 0.750. The van der Waals surface area contributed by atoms with Gasteiger partial charge < -0.3 is 0 Å². The van der Waals surface area contributed by atoms with E-state index in [1.165, 1.54) is 35.7 Å². The fourth-order valence-corrected chi connectivity index (χ4v) is 2.51. The maximum absolute atomic E-state index is 12.7. The van der Waals surface area contributed by atoms with Crippen molar-refractivity contribution in [1.29, 1.82) is 0 Å². The molecule has 2 aromatic rings. The molecule has 1 unspecified atom stereocenters. The highest BCUT2D eigenvalue weighted by molar-refractivity contribution is 7.88. The van der Waals surface area contributed by atoms with Gasteiger partial charge in [-0.25, -0.2) is 8.78 Å². The zero-order chi connectivity index (χ0) is 16.7. The Bertz CT molecular complexity index is 682. The molecule has 0 aliphatic rings. The summed E-state index contributed by atoms with van der Waals surface area (Å²) in [7, 11) is -1.45. The summed E-state index contributed by atoms with van der Waals surface area (Å²) in [5, 5.41) is 1.40. The van der Waals surface area contributed by atoms with Gasteiger partial charge in [-0.15, -0.1) is 0 Å². The van der Waals surface area contributed by atoms with Gasteiger partial charge in [0.1, 0.15) is 11.6 Å². The first kappa shape index (κ1) is 17.0. The molecule has 0 saturated heterocycles. The third-order valence-electron chi connectivity index (χ3n) is 2.90. The number of ketones is 1. The van der Waals surface area contributed by atoms with Gasteiger partial charge in [-0.2, -0.15) is 0 Å². The van der Waals surface area contributed by atoms with Crippen molar-refractivity contribution < 1.29 is 17.8 Å². The molecule has 2 rings (SSSR count). The molecule has 0 aliphatic heterocycles. The molecule has 0 radical (unpaired) electrons. The van der Waals surface area contributed by atoms with E-state index in [9.17, 15) is 17.8 Å². The van der Waals surface area contributed by atoms with Crippen LogP contribution in [-0.4, -0.2) is 15.7 Å². The van der Waals surface area contributed by atoms with Crippen LogP contribution in [0.1, 0.15) is 11.1 Å². The standard InChI is InChI=1S/C18H14F2O2S/c19-16-6-1-14(2-7-16)5-10-18(21)13-23(22)12-11-15-3-8-17(20)9-4-15/h1-12H,13H2/b10-5+,12-11+. The van der Waals surface area contributed by atoms with Gasteiger partial charge in [-0.05, 0) is 47.5 Å². The number of allylic oxidation sites excluding steroid dienone is 1. The summed E-state index contributed by atoms with van der Waals surface area (Å²) in [4.78, 5) is 11.7. The number of hydrogen-bond acceptors (Lipinski definition) is 2. The lowest BCUT2D eigenvalue weighted by atomic mass is 10.2. The van der Waals surface area contributed by atoms with E-state index in [0.29, 0.717) is 11.1 Å². The minimum atomic E-state index is -1.45. The van der Waals surface area contributed by atoms with Crippen LogP contribution in [0, 0.1) is 11.6 Å². The second-order valence-corrected chi connectivity index (χ2v) is 6.05. The van der Waals surface area contributed by atoms with Gasteiger partial charge in [0.25, 0.3) is 0 Å². The van der Waals surface area contributed by atoms with Crippen molar-refractivity contribution in [3.05, 3.63) is 82.8 Å². The first-order valence-electron chi connectivity index (χ1n) is 6.80. The van der Waals surface area contributed by atoms with Gasteiger partial charge in [-0.3, -0.25) is 9.00 Å². The summed E-state index contributed by atoms with van der Waals surface area (Å²) < 4.78 is 37.3. The molecule has 0 saturated carbocycles. The molecule has 0 fully saturated rings. The normalized spacial score (nSPS) is 12.8. The van der Waals surface area contributed by atoms with E-state index in [1.807, 2.05) is 0 Å². The molecule has 2 aromatic carbocycles. The third kappa shape index (κ3) is 6.08. The van der Waals surface area contributed by atoms with Crippen molar-refractivity contribution in [2.24, 2.45) is 0 Å². The Labute approximate surface area is 135 Å². The van der Waals surface area contributed by atoms with Crippen molar-refractivity contribution in [2.45, 2.75) is 0 Å². The molecular weight excluding hydrogens is 318 g/mol.